The molecule has 0 unspecified atom stereocenters. The van der Waals surface area contributed by atoms with Gasteiger partial charge in [0.2, 0.25) is 0 Å². The Balaban J connectivity index is 0.956. The summed E-state index contributed by atoms with van der Waals surface area (Å²) in [4.78, 5) is 4.81. The largest absolute Gasteiger partial charge is 0.399 e. The van der Waals surface area contributed by atoms with Gasteiger partial charge in [0.15, 0.2) is 0 Å². The van der Waals surface area contributed by atoms with Gasteiger partial charge in [-0.15, -0.1) is 0 Å². The molecule has 0 saturated heterocycles. The Hall–Kier alpha value is -6.01. The van der Waals surface area contributed by atoms with Crippen LogP contribution in [0.25, 0.3) is 21.8 Å². The summed E-state index contributed by atoms with van der Waals surface area (Å²) < 4.78 is 0. The fourth-order valence-corrected chi connectivity index (χ4v) is 6.44. The van der Waals surface area contributed by atoms with Crippen LogP contribution in [0.1, 0.15) is 33.4 Å². The number of nitrogens with two attached hydrogens (primary N) is 3. The maximum Gasteiger partial charge on any atom is 0.0711 e. The molecule has 0 spiro atoms. The van der Waals surface area contributed by atoms with Gasteiger partial charge < -0.3 is 27.8 Å². The number of anilines is 7. The summed E-state index contributed by atoms with van der Waals surface area (Å²) in [5.74, 6) is 0. The van der Waals surface area contributed by atoms with Crippen molar-refractivity contribution in [1.29, 1.82) is 0 Å². The van der Waals surface area contributed by atoms with Crippen molar-refractivity contribution in [1.82, 2.24) is 4.98 Å². The predicted octanol–water partition coefficient (Wildman–Crippen LogP) is 8.71. The number of nitrogen functional groups attached to an aromatic ring is 3. The van der Waals surface area contributed by atoms with Crippen molar-refractivity contribution < 1.29 is 0 Å². The van der Waals surface area contributed by atoms with Gasteiger partial charge in [-0.2, -0.15) is 0 Å². The van der Waals surface area contributed by atoms with Gasteiger partial charge in [0.25, 0.3) is 0 Å². The lowest BCUT2D eigenvalue weighted by atomic mass is 9.94. The Morgan fingerprint density at radius 3 is 2.02 bits per heavy atom. The van der Waals surface area contributed by atoms with Gasteiger partial charge in [0.1, 0.15) is 0 Å². The highest BCUT2D eigenvalue weighted by Gasteiger charge is 2.15. The molecule has 7 aromatic rings. The molecule has 8 N–H and O–H groups in total. The van der Waals surface area contributed by atoms with Crippen molar-refractivity contribution >= 4 is 61.6 Å². The van der Waals surface area contributed by atoms with E-state index in [0.29, 0.717) is 0 Å². The molecule has 6 aromatic carbocycles. The number of hydrogen-bond donors (Lipinski definition) is 5. The van der Waals surface area contributed by atoms with Gasteiger partial charge in [-0.05, 0) is 137 Å². The van der Waals surface area contributed by atoms with Crippen LogP contribution in [0, 0.1) is 0 Å². The van der Waals surface area contributed by atoms with Crippen molar-refractivity contribution in [2.75, 3.05) is 27.8 Å². The van der Waals surface area contributed by atoms with Crippen LogP contribution in [0.5, 0.6) is 0 Å². The Morgan fingerprint density at radius 1 is 0.543 bits per heavy atom. The zero-order valence-electron chi connectivity index (χ0n) is 25.3. The summed E-state index contributed by atoms with van der Waals surface area (Å²) in [6.45, 7) is 0. The molecule has 6 heteroatoms. The molecule has 6 nitrogen and oxygen atoms in total. The summed E-state index contributed by atoms with van der Waals surface area (Å²) in [5, 5.41) is 9.24. The smallest absolute Gasteiger partial charge is 0.0711 e. The van der Waals surface area contributed by atoms with Gasteiger partial charge in [-0.25, -0.2) is 4.98 Å². The van der Waals surface area contributed by atoms with Gasteiger partial charge in [-0.1, -0.05) is 30.3 Å². The highest BCUT2D eigenvalue weighted by Crippen LogP contribution is 2.35. The molecule has 1 aliphatic heterocycles. The molecule has 0 aliphatic carbocycles. The first kappa shape index (κ1) is 27.5. The zero-order chi connectivity index (χ0) is 31.2. The second-order valence-corrected chi connectivity index (χ2v) is 12.3. The Labute approximate surface area is 267 Å². The van der Waals surface area contributed by atoms with Crippen LogP contribution in [0.3, 0.4) is 0 Å². The van der Waals surface area contributed by atoms with Crippen LogP contribution in [0.15, 0.2) is 121 Å². The number of aromatic nitrogens is 1. The standard InChI is InChI=1S/C40H34N6/c41-32-5-13-39-30(21-32)19-28-17-25(3-11-37(28)45-39)15-24-1-7-34(8-2-24)44-35-9-10-36(43)27(23-35)16-26-4-12-38-29(18-26)20-31-22-33(42)6-14-40(31)46-38/h1-14,17-18,20-23,44-45H,15-16,19,41-43H2. The number of rotatable bonds is 6. The molecule has 0 atom stereocenters. The number of hydrogen-bond acceptors (Lipinski definition) is 6. The molecule has 8 rings (SSSR count). The number of fused-ring (bicyclic) bond motifs is 4. The molecule has 0 amide bonds. The van der Waals surface area contributed by atoms with Crippen molar-refractivity contribution in [2.45, 2.75) is 19.3 Å². The van der Waals surface area contributed by atoms with Crippen LogP contribution < -0.4 is 27.8 Å². The quantitative estimate of drug-likeness (QED) is 0.0966. The fourth-order valence-electron chi connectivity index (χ4n) is 6.44. The van der Waals surface area contributed by atoms with E-state index in [9.17, 15) is 0 Å². The van der Waals surface area contributed by atoms with Gasteiger partial charge in [0.05, 0.1) is 11.0 Å². The van der Waals surface area contributed by atoms with E-state index in [1.165, 1.54) is 33.5 Å². The Kier molecular flexibility index (Phi) is 6.68. The molecule has 46 heavy (non-hydrogen) atoms. The topological polar surface area (TPSA) is 115 Å². The van der Waals surface area contributed by atoms with E-state index in [4.69, 9.17) is 22.2 Å². The average Bonchev–Trinajstić information content (AvgIpc) is 3.05. The maximum atomic E-state index is 6.44. The highest BCUT2D eigenvalue weighted by atomic mass is 14.9. The third-order valence-electron chi connectivity index (χ3n) is 8.83. The summed E-state index contributed by atoms with van der Waals surface area (Å²) in [7, 11) is 0. The van der Waals surface area contributed by atoms with Crippen molar-refractivity contribution in [2.24, 2.45) is 0 Å². The van der Waals surface area contributed by atoms with E-state index >= 15 is 0 Å². The molecule has 1 aromatic heterocycles. The van der Waals surface area contributed by atoms with E-state index in [1.807, 2.05) is 36.4 Å². The lowest BCUT2D eigenvalue weighted by Crippen LogP contribution is -2.08. The number of benzene rings is 6. The average molecular weight is 599 g/mol. The minimum Gasteiger partial charge on any atom is -0.399 e. The zero-order valence-corrected chi connectivity index (χ0v) is 25.3. The van der Waals surface area contributed by atoms with Gasteiger partial charge >= 0.3 is 0 Å². The minimum atomic E-state index is 0.723. The van der Waals surface area contributed by atoms with E-state index in [1.54, 1.807) is 0 Å². The molecule has 224 valence electrons. The van der Waals surface area contributed by atoms with E-state index < -0.39 is 0 Å². The number of nitrogens with one attached hydrogen (secondary N) is 2. The second-order valence-electron chi connectivity index (χ2n) is 12.3. The predicted molar refractivity (Wildman–Crippen MR) is 193 cm³/mol. The molecule has 1 aliphatic rings. The molecule has 0 bridgehead atoms. The first-order valence-electron chi connectivity index (χ1n) is 15.5. The molecular formula is C40H34N6. The van der Waals surface area contributed by atoms with Crippen LogP contribution in [-0.4, -0.2) is 4.98 Å². The Morgan fingerprint density at radius 2 is 1.17 bits per heavy atom. The van der Waals surface area contributed by atoms with Crippen LogP contribution in [0.4, 0.5) is 39.8 Å². The first-order valence-corrected chi connectivity index (χ1v) is 15.5. The fraction of sp³-hybridized carbons (Fsp3) is 0.0750. The molecule has 0 saturated carbocycles. The number of nitrogens with zero attached hydrogens (tertiary/aromatic N) is 1. The lowest BCUT2D eigenvalue weighted by Gasteiger charge is -2.22. The minimum absolute atomic E-state index is 0.723. The van der Waals surface area contributed by atoms with Crippen molar-refractivity contribution in [3.8, 4) is 0 Å². The molecule has 0 radical (unpaired) electrons. The third-order valence-corrected chi connectivity index (χ3v) is 8.83. The van der Waals surface area contributed by atoms with E-state index in [0.717, 1.165) is 80.8 Å². The normalized spacial score (nSPS) is 12.0. The maximum absolute atomic E-state index is 6.44. The monoisotopic (exact) mass is 598 g/mol. The molecular weight excluding hydrogens is 564 g/mol. The lowest BCUT2D eigenvalue weighted by molar-refractivity contribution is 1.12. The molecule has 0 fully saturated rings. The summed E-state index contributed by atoms with van der Waals surface area (Å²) in [6, 6.07) is 41.9. The van der Waals surface area contributed by atoms with Crippen LogP contribution in [-0.2, 0) is 19.3 Å². The molecule has 2 heterocycles. The van der Waals surface area contributed by atoms with Gasteiger partial charge in [-0.3, -0.25) is 0 Å². The van der Waals surface area contributed by atoms with Crippen molar-refractivity contribution in [3.63, 3.8) is 0 Å². The first-order chi connectivity index (χ1) is 22.4. The van der Waals surface area contributed by atoms with Crippen LogP contribution in [0.2, 0.25) is 0 Å². The summed E-state index contributed by atoms with van der Waals surface area (Å²) in [5.41, 5.74) is 34.4. The van der Waals surface area contributed by atoms with Gasteiger partial charge in [0, 0.05) is 57.0 Å². The van der Waals surface area contributed by atoms with E-state index in [2.05, 4.69) is 95.6 Å². The second kappa shape index (κ2) is 11.2. The third kappa shape index (κ3) is 5.53. The Bertz CT molecular complexity index is 2270. The SMILES string of the molecule is Nc1ccc2c(c1)Cc1cc(Cc3ccc(Nc4ccc(N)c(Cc5ccc6nc7ccc(N)cc7cc6c5)c4)cc3)ccc1N2. The summed E-state index contributed by atoms with van der Waals surface area (Å²) in [6.07, 6.45) is 2.47. The number of pyridine rings is 1. The summed E-state index contributed by atoms with van der Waals surface area (Å²) >= 11 is 0. The highest BCUT2D eigenvalue weighted by molar-refractivity contribution is 5.94. The van der Waals surface area contributed by atoms with E-state index in [-0.39, 0.29) is 0 Å². The van der Waals surface area contributed by atoms with Crippen molar-refractivity contribution in [3.05, 3.63) is 155 Å². The van der Waals surface area contributed by atoms with Crippen LogP contribution >= 0.6 is 0 Å².